The molecular formula is C21H17F4N3O2. The molecule has 3 aromatic rings. The van der Waals surface area contributed by atoms with Gasteiger partial charge in [0, 0.05) is 6.07 Å². The molecule has 0 unspecified atom stereocenters. The number of ether oxygens (including phenoxy) is 1. The van der Waals surface area contributed by atoms with E-state index in [0.29, 0.717) is 46.6 Å². The van der Waals surface area contributed by atoms with Gasteiger partial charge in [-0.1, -0.05) is 12.1 Å². The number of alkyl halides is 3. The summed E-state index contributed by atoms with van der Waals surface area (Å²) in [6, 6.07) is 13.1. The summed E-state index contributed by atoms with van der Waals surface area (Å²) < 4.78 is 57.7. The number of nitrogen functional groups attached to an aromatic ring is 2. The van der Waals surface area contributed by atoms with Crippen LogP contribution in [0.15, 0.2) is 60.7 Å². The molecule has 5 nitrogen and oxygen atoms in total. The molecule has 9 heteroatoms. The normalized spacial score (nSPS) is 11.2. The number of rotatable bonds is 5. The fourth-order valence-corrected chi connectivity index (χ4v) is 2.60. The number of hydrogen-bond acceptors (Lipinski definition) is 4. The molecular weight excluding hydrogens is 402 g/mol. The lowest BCUT2D eigenvalue weighted by Gasteiger charge is -2.11. The maximum atomic E-state index is 13.8. The summed E-state index contributed by atoms with van der Waals surface area (Å²) in [6.07, 6.45) is -4.80. The van der Waals surface area contributed by atoms with E-state index in [0.717, 1.165) is 0 Å². The number of benzene rings is 3. The first-order chi connectivity index (χ1) is 14.1. The molecule has 1 amide bonds. The van der Waals surface area contributed by atoms with Crippen molar-refractivity contribution in [2.24, 2.45) is 0 Å². The van der Waals surface area contributed by atoms with Gasteiger partial charge in [-0.3, -0.25) is 4.79 Å². The summed E-state index contributed by atoms with van der Waals surface area (Å²) in [5, 5.41) is 2.17. The summed E-state index contributed by atoms with van der Waals surface area (Å²) in [6.45, 7) is 0. The highest BCUT2D eigenvalue weighted by atomic mass is 19.4. The van der Waals surface area contributed by atoms with Gasteiger partial charge in [0.05, 0.1) is 29.0 Å². The van der Waals surface area contributed by atoms with Crippen LogP contribution < -0.4 is 21.5 Å². The zero-order valence-corrected chi connectivity index (χ0v) is 15.5. The third kappa shape index (κ3) is 5.19. The molecule has 156 valence electrons. The highest BCUT2D eigenvalue weighted by molar-refractivity contribution is 5.92. The summed E-state index contributed by atoms with van der Waals surface area (Å²) in [5.41, 5.74) is 11.2. The zero-order chi connectivity index (χ0) is 21.9. The number of halogens is 4. The molecule has 0 bridgehead atoms. The first kappa shape index (κ1) is 21.0. The van der Waals surface area contributed by atoms with E-state index in [4.69, 9.17) is 16.2 Å². The Bertz CT molecular complexity index is 1070. The molecule has 0 aliphatic carbocycles. The van der Waals surface area contributed by atoms with E-state index in [1.165, 1.54) is 0 Å². The Kier molecular flexibility index (Phi) is 5.81. The van der Waals surface area contributed by atoms with Crippen LogP contribution in [-0.4, -0.2) is 5.91 Å². The molecule has 0 fully saturated rings. The Hall–Kier alpha value is -3.75. The number of nitrogens with one attached hydrogen (secondary N) is 1. The van der Waals surface area contributed by atoms with Gasteiger partial charge in [-0.2, -0.15) is 13.2 Å². The van der Waals surface area contributed by atoms with E-state index in [9.17, 15) is 22.4 Å². The van der Waals surface area contributed by atoms with Crippen molar-refractivity contribution in [2.75, 3.05) is 16.8 Å². The van der Waals surface area contributed by atoms with E-state index in [1.807, 2.05) is 0 Å². The van der Waals surface area contributed by atoms with Gasteiger partial charge >= 0.3 is 6.18 Å². The fourth-order valence-electron chi connectivity index (χ4n) is 2.60. The first-order valence-electron chi connectivity index (χ1n) is 8.70. The number of nitrogens with two attached hydrogens (primary N) is 2. The minimum absolute atomic E-state index is 0.162. The van der Waals surface area contributed by atoms with Gasteiger partial charge in [0.15, 0.2) is 0 Å². The fraction of sp³-hybridized carbons (Fsp3) is 0.0952. The number of amides is 1. The summed E-state index contributed by atoms with van der Waals surface area (Å²) in [5.74, 6) is -0.657. The van der Waals surface area contributed by atoms with Crippen molar-refractivity contribution < 1.29 is 27.1 Å². The minimum atomic E-state index is -4.64. The van der Waals surface area contributed by atoms with Crippen molar-refractivity contribution in [3.05, 3.63) is 77.6 Å². The van der Waals surface area contributed by atoms with Gasteiger partial charge in [-0.25, -0.2) is 4.39 Å². The summed E-state index contributed by atoms with van der Waals surface area (Å²) in [7, 11) is 0. The quantitative estimate of drug-likeness (QED) is 0.402. The molecule has 0 aliphatic rings. The number of carbonyl (C=O) groups excluding carboxylic acids is 1. The van der Waals surface area contributed by atoms with E-state index in [-0.39, 0.29) is 6.42 Å². The molecule has 30 heavy (non-hydrogen) atoms. The highest BCUT2D eigenvalue weighted by Gasteiger charge is 2.31. The third-order valence-corrected chi connectivity index (χ3v) is 4.15. The van der Waals surface area contributed by atoms with Gasteiger partial charge in [-0.05, 0) is 48.0 Å². The van der Waals surface area contributed by atoms with Crippen LogP contribution in [0.25, 0.3) is 0 Å². The van der Waals surface area contributed by atoms with E-state index in [1.54, 1.807) is 42.5 Å². The monoisotopic (exact) mass is 419 g/mol. The van der Waals surface area contributed by atoms with Crippen molar-refractivity contribution >= 4 is 23.0 Å². The van der Waals surface area contributed by atoms with Crippen molar-refractivity contribution in [3.8, 4) is 11.5 Å². The van der Waals surface area contributed by atoms with Gasteiger partial charge in [0.25, 0.3) is 0 Å². The number of anilines is 3. The minimum Gasteiger partial charge on any atom is -0.457 e. The third-order valence-electron chi connectivity index (χ3n) is 4.15. The summed E-state index contributed by atoms with van der Waals surface area (Å²) in [4.78, 5) is 12.1. The van der Waals surface area contributed by atoms with Crippen LogP contribution >= 0.6 is 0 Å². The molecule has 3 rings (SSSR count). The van der Waals surface area contributed by atoms with Gasteiger partial charge in [0.2, 0.25) is 5.91 Å². The van der Waals surface area contributed by atoms with Crippen LogP contribution in [-0.2, 0) is 17.4 Å². The first-order valence-corrected chi connectivity index (χ1v) is 8.70. The largest absolute Gasteiger partial charge is 0.457 e. The standard InChI is InChI=1S/C21H17F4N3O2/c22-16-7-3-13(21(23,24)25)10-19(16)28-20(29)9-12-1-4-14(5-2-12)30-15-6-8-17(26)18(27)11-15/h1-8,10-11H,9,26-27H2,(H,28,29). The second-order valence-electron chi connectivity index (χ2n) is 6.45. The second kappa shape index (κ2) is 8.32. The molecule has 0 saturated carbocycles. The van der Waals surface area contributed by atoms with Gasteiger partial charge in [-0.15, -0.1) is 0 Å². The Labute approximate surface area is 169 Å². The van der Waals surface area contributed by atoms with Gasteiger partial charge < -0.3 is 21.5 Å². The van der Waals surface area contributed by atoms with E-state index in [2.05, 4.69) is 5.32 Å². The molecule has 0 radical (unpaired) electrons. The van der Waals surface area contributed by atoms with Crippen LogP contribution in [0.1, 0.15) is 11.1 Å². The number of hydrogen-bond donors (Lipinski definition) is 3. The molecule has 0 heterocycles. The smallest absolute Gasteiger partial charge is 0.416 e. The van der Waals surface area contributed by atoms with Crippen LogP contribution in [0.2, 0.25) is 0 Å². The second-order valence-corrected chi connectivity index (χ2v) is 6.45. The Balaban J connectivity index is 1.64. The molecule has 0 saturated heterocycles. The van der Waals surface area contributed by atoms with Crippen LogP contribution in [0, 0.1) is 5.82 Å². The maximum absolute atomic E-state index is 13.8. The van der Waals surface area contributed by atoms with Gasteiger partial charge in [0.1, 0.15) is 17.3 Å². The molecule has 0 aromatic heterocycles. The van der Waals surface area contributed by atoms with Crippen LogP contribution in [0.3, 0.4) is 0 Å². The Morgan fingerprint density at radius 3 is 2.20 bits per heavy atom. The van der Waals surface area contributed by atoms with Crippen molar-refractivity contribution in [1.82, 2.24) is 0 Å². The molecule has 3 aromatic carbocycles. The number of carbonyl (C=O) groups is 1. The molecule has 0 aliphatic heterocycles. The zero-order valence-electron chi connectivity index (χ0n) is 15.5. The average molecular weight is 419 g/mol. The Morgan fingerprint density at radius 1 is 0.900 bits per heavy atom. The van der Waals surface area contributed by atoms with Crippen molar-refractivity contribution in [1.29, 1.82) is 0 Å². The lowest BCUT2D eigenvalue weighted by Crippen LogP contribution is -2.16. The maximum Gasteiger partial charge on any atom is 0.416 e. The van der Waals surface area contributed by atoms with Crippen LogP contribution in [0.4, 0.5) is 34.6 Å². The Morgan fingerprint density at radius 2 is 1.57 bits per heavy atom. The SMILES string of the molecule is Nc1ccc(Oc2ccc(CC(=O)Nc3cc(C(F)(F)F)ccc3F)cc2)cc1N. The predicted octanol–water partition coefficient (Wildman–Crippen LogP) is 4.98. The van der Waals surface area contributed by atoms with Crippen molar-refractivity contribution in [2.45, 2.75) is 12.6 Å². The molecule has 0 spiro atoms. The topological polar surface area (TPSA) is 90.4 Å². The highest BCUT2D eigenvalue weighted by Crippen LogP contribution is 2.32. The molecule has 0 atom stereocenters. The van der Waals surface area contributed by atoms with E-state index < -0.39 is 29.2 Å². The summed E-state index contributed by atoms with van der Waals surface area (Å²) >= 11 is 0. The van der Waals surface area contributed by atoms with Crippen molar-refractivity contribution in [3.63, 3.8) is 0 Å². The average Bonchev–Trinajstić information content (AvgIpc) is 2.67. The van der Waals surface area contributed by atoms with E-state index >= 15 is 0 Å². The van der Waals surface area contributed by atoms with Crippen LogP contribution in [0.5, 0.6) is 11.5 Å². The lowest BCUT2D eigenvalue weighted by molar-refractivity contribution is -0.137. The lowest BCUT2D eigenvalue weighted by atomic mass is 10.1. The predicted molar refractivity (Wildman–Crippen MR) is 106 cm³/mol. The molecule has 5 N–H and O–H groups in total.